The van der Waals surface area contributed by atoms with E-state index in [-0.39, 0.29) is 6.42 Å². The second-order valence-electron chi connectivity index (χ2n) is 7.50. The highest BCUT2D eigenvalue weighted by Gasteiger charge is 2.38. The fourth-order valence-corrected chi connectivity index (χ4v) is 3.54. The number of benzene rings is 1. The maximum Gasteiger partial charge on any atom is 0.353 e. The van der Waals surface area contributed by atoms with Crippen molar-refractivity contribution in [1.29, 1.82) is 0 Å². The number of methoxy groups -OCH3 is 2. The van der Waals surface area contributed by atoms with Crippen molar-refractivity contribution in [3.8, 4) is 5.75 Å². The fraction of sp³-hybridized carbons (Fsp3) is 0.524. The lowest BCUT2D eigenvalue weighted by molar-refractivity contribution is -0.170. The minimum atomic E-state index is -3.51. The first kappa shape index (κ1) is 25.9. The molecule has 0 bridgehead atoms. The molecule has 1 aromatic carbocycles. The molecule has 0 N–H and O–H groups in total. The number of carbonyl (C=O) groups excluding carboxylic acids is 2. The molecule has 1 unspecified atom stereocenters. The van der Waals surface area contributed by atoms with Crippen LogP contribution in [-0.2, 0) is 39.1 Å². The zero-order valence-corrected chi connectivity index (χ0v) is 19.4. The van der Waals surface area contributed by atoms with Crippen LogP contribution in [0.15, 0.2) is 36.2 Å². The zero-order chi connectivity index (χ0) is 22.9. The van der Waals surface area contributed by atoms with Crippen LogP contribution in [0.25, 0.3) is 0 Å². The largest absolute Gasteiger partial charge is 0.497 e. The van der Waals surface area contributed by atoms with Gasteiger partial charge >= 0.3 is 19.5 Å². The van der Waals surface area contributed by atoms with Crippen molar-refractivity contribution in [2.45, 2.75) is 32.8 Å². The van der Waals surface area contributed by atoms with E-state index in [9.17, 15) is 14.2 Å². The first-order chi connectivity index (χ1) is 14.0. The molecule has 0 aliphatic carbocycles. The summed E-state index contributed by atoms with van der Waals surface area (Å²) in [6, 6.07) is 7.20. The Kier molecular flexibility index (Phi) is 9.75. The highest BCUT2D eigenvalue weighted by atomic mass is 31.2. The van der Waals surface area contributed by atoms with Gasteiger partial charge in [0.15, 0.2) is 5.92 Å². The summed E-state index contributed by atoms with van der Waals surface area (Å²) in [7, 11) is 1.72. The predicted molar refractivity (Wildman–Crippen MR) is 112 cm³/mol. The van der Waals surface area contributed by atoms with Crippen molar-refractivity contribution in [3.05, 3.63) is 41.7 Å². The standard InChI is InChI=1S/C21H31O8P/c1-21(2,3)29-20(23)18(19(22)26-5)16(11-12-30(24,27-6)28-7)13-15-9-8-10-17(14-15)25-4/h8-12,14,16,18H,13H2,1-7H3/b12-11+/t16-,18?/m1/s1. The van der Waals surface area contributed by atoms with Crippen LogP contribution in [0.4, 0.5) is 0 Å². The van der Waals surface area contributed by atoms with Gasteiger partial charge in [0.05, 0.1) is 14.2 Å². The molecule has 8 nitrogen and oxygen atoms in total. The molecule has 0 fully saturated rings. The lowest BCUT2D eigenvalue weighted by Gasteiger charge is -2.26. The Hall–Kier alpha value is -2.15. The van der Waals surface area contributed by atoms with E-state index >= 15 is 0 Å². The van der Waals surface area contributed by atoms with Crippen LogP contribution in [0.5, 0.6) is 5.75 Å². The van der Waals surface area contributed by atoms with Crippen LogP contribution in [0, 0.1) is 11.8 Å². The monoisotopic (exact) mass is 442 g/mol. The summed E-state index contributed by atoms with van der Waals surface area (Å²) in [6.45, 7) is 5.11. The average molecular weight is 442 g/mol. The third kappa shape index (κ3) is 7.94. The lowest BCUT2D eigenvalue weighted by Crippen LogP contribution is -2.38. The third-order valence-electron chi connectivity index (χ3n) is 4.17. The van der Waals surface area contributed by atoms with Crippen LogP contribution >= 0.6 is 7.60 Å². The summed E-state index contributed by atoms with van der Waals surface area (Å²) in [6.07, 6.45) is 1.72. The highest BCUT2D eigenvalue weighted by Crippen LogP contribution is 2.48. The molecule has 0 aliphatic rings. The van der Waals surface area contributed by atoms with E-state index in [0.717, 1.165) is 5.56 Å². The van der Waals surface area contributed by atoms with E-state index in [1.54, 1.807) is 46.1 Å². The molecule has 0 radical (unpaired) electrons. The normalized spacial score (nSPS) is 14.2. The molecule has 0 saturated heterocycles. The molecule has 0 aromatic heterocycles. The van der Waals surface area contributed by atoms with Crippen molar-refractivity contribution in [2.24, 2.45) is 11.8 Å². The molecular weight excluding hydrogens is 411 g/mol. The number of hydrogen-bond donors (Lipinski definition) is 0. The molecule has 2 atom stereocenters. The summed E-state index contributed by atoms with van der Waals surface area (Å²) in [5.41, 5.74) is -0.00629. The number of hydrogen-bond acceptors (Lipinski definition) is 8. The smallest absolute Gasteiger partial charge is 0.353 e. The summed E-state index contributed by atoms with van der Waals surface area (Å²) in [5.74, 6) is -1.65. The van der Waals surface area contributed by atoms with Crippen LogP contribution in [0.1, 0.15) is 26.3 Å². The van der Waals surface area contributed by atoms with E-state index < -0.39 is 37.0 Å². The van der Waals surface area contributed by atoms with E-state index in [1.807, 2.05) is 6.07 Å². The van der Waals surface area contributed by atoms with Gasteiger partial charge in [-0.3, -0.25) is 14.2 Å². The van der Waals surface area contributed by atoms with E-state index in [1.165, 1.54) is 33.2 Å². The van der Waals surface area contributed by atoms with Gasteiger partial charge in [0.2, 0.25) is 0 Å². The Morgan fingerprint density at radius 1 is 1.07 bits per heavy atom. The Morgan fingerprint density at radius 2 is 1.70 bits per heavy atom. The molecule has 1 aromatic rings. The van der Waals surface area contributed by atoms with Crippen molar-refractivity contribution >= 4 is 19.5 Å². The second kappa shape index (κ2) is 11.3. The second-order valence-corrected chi connectivity index (χ2v) is 9.61. The number of allylic oxidation sites excluding steroid dienone is 1. The molecule has 9 heteroatoms. The molecule has 1 rings (SSSR count). The molecule has 0 heterocycles. The highest BCUT2D eigenvalue weighted by molar-refractivity contribution is 7.57. The number of ether oxygens (including phenoxy) is 3. The summed E-state index contributed by atoms with van der Waals surface area (Å²) in [4.78, 5) is 25.4. The van der Waals surface area contributed by atoms with Crippen LogP contribution < -0.4 is 4.74 Å². The molecule has 0 amide bonds. The maximum atomic E-state index is 12.9. The Balaban J connectivity index is 3.41. The van der Waals surface area contributed by atoms with Gasteiger partial charge in [-0.15, -0.1) is 0 Å². The molecule has 168 valence electrons. The van der Waals surface area contributed by atoms with Crippen molar-refractivity contribution < 1.29 is 37.4 Å². The van der Waals surface area contributed by atoms with E-state index in [2.05, 4.69) is 0 Å². The van der Waals surface area contributed by atoms with Crippen molar-refractivity contribution in [2.75, 3.05) is 28.4 Å². The summed E-state index contributed by atoms with van der Waals surface area (Å²) in [5, 5.41) is 0. The summed E-state index contributed by atoms with van der Waals surface area (Å²) >= 11 is 0. The minimum Gasteiger partial charge on any atom is -0.497 e. The first-order valence-electron chi connectivity index (χ1n) is 9.32. The van der Waals surface area contributed by atoms with Gasteiger partial charge in [-0.05, 0) is 44.9 Å². The Labute approximate surface area is 178 Å². The Morgan fingerprint density at radius 3 is 2.20 bits per heavy atom. The molecule has 0 saturated carbocycles. The number of esters is 2. The number of carbonyl (C=O) groups is 2. The van der Waals surface area contributed by atoms with Crippen LogP contribution in [-0.4, -0.2) is 46.0 Å². The maximum absolute atomic E-state index is 12.9. The summed E-state index contributed by atoms with van der Waals surface area (Å²) < 4.78 is 37.9. The van der Waals surface area contributed by atoms with E-state index in [4.69, 9.17) is 23.3 Å². The van der Waals surface area contributed by atoms with Crippen molar-refractivity contribution in [3.63, 3.8) is 0 Å². The third-order valence-corrected chi connectivity index (χ3v) is 5.73. The SMILES string of the molecule is COC(=O)C(C(=O)OC(C)(C)C)[C@H](/C=C/P(=O)(OC)OC)Cc1cccc(OC)c1. The average Bonchev–Trinajstić information content (AvgIpc) is 2.70. The topological polar surface area (TPSA) is 97.4 Å². The fourth-order valence-electron chi connectivity index (χ4n) is 2.72. The predicted octanol–water partition coefficient (Wildman–Crippen LogP) is 3.98. The number of rotatable bonds is 10. The first-order valence-corrected chi connectivity index (χ1v) is 10.9. The molecular formula is C21H31O8P. The van der Waals surface area contributed by atoms with Gasteiger partial charge in [0.1, 0.15) is 11.4 Å². The quantitative estimate of drug-likeness (QED) is 0.305. The van der Waals surface area contributed by atoms with Gasteiger partial charge < -0.3 is 23.3 Å². The van der Waals surface area contributed by atoms with Gasteiger partial charge in [-0.25, -0.2) is 0 Å². The molecule has 30 heavy (non-hydrogen) atoms. The van der Waals surface area contributed by atoms with Gasteiger partial charge in [0, 0.05) is 26.0 Å². The minimum absolute atomic E-state index is 0.250. The van der Waals surface area contributed by atoms with Gasteiger partial charge in [-0.1, -0.05) is 18.2 Å². The van der Waals surface area contributed by atoms with Crippen molar-refractivity contribution in [1.82, 2.24) is 0 Å². The lowest BCUT2D eigenvalue weighted by atomic mass is 9.86. The zero-order valence-electron chi connectivity index (χ0n) is 18.5. The van der Waals surface area contributed by atoms with E-state index in [0.29, 0.717) is 5.75 Å². The Bertz CT molecular complexity index is 788. The van der Waals surface area contributed by atoms with Gasteiger partial charge in [-0.2, -0.15) is 0 Å². The molecule has 0 aliphatic heterocycles. The molecule has 0 spiro atoms. The van der Waals surface area contributed by atoms with Gasteiger partial charge in [0.25, 0.3) is 0 Å². The van der Waals surface area contributed by atoms with Crippen LogP contribution in [0.2, 0.25) is 0 Å². The van der Waals surface area contributed by atoms with Crippen LogP contribution in [0.3, 0.4) is 0 Å².